The van der Waals surface area contributed by atoms with Crippen molar-refractivity contribution in [3.63, 3.8) is 0 Å². The first-order valence-corrected chi connectivity index (χ1v) is 10.9. The van der Waals surface area contributed by atoms with Crippen molar-refractivity contribution in [2.45, 2.75) is 25.7 Å². The predicted octanol–water partition coefficient (Wildman–Crippen LogP) is 3.51. The number of hydrogen-bond acceptors (Lipinski definition) is 7. The number of halogens is 1. The molecule has 0 bridgehead atoms. The molecule has 1 fully saturated rings. The average molecular weight is 425 g/mol. The van der Waals surface area contributed by atoms with Gasteiger partial charge in [-0.05, 0) is 37.5 Å². The van der Waals surface area contributed by atoms with E-state index in [2.05, 4.69) is 19.9 Å². The molecule has 4 heterocycles. The molecule has 5 rings (SSSR count). The summed E-state index contributed by atoms with van der Waals surface area (Å²) in [5.41, 5.74) is 7.88. The van der Waals surface area contributed by atoms with Gasteiger partial charge in [0.25, 0.3) is 5.91 Å². The fraction of sp³-hybridized carbons (Fsp3) is 0.333. The second-order valence-electron chi connectivity index (χ2n) is 7.53. The predicted molar refractivity (Wildman–Crippen MR) is 115 cm³/mol. The number of nitrogen functional groups attached to an aromatic ring is 1. The summed E-state index contributed by atoms with van der Waals surface area (Å²) >= 11 is 1.34. The number of carbonyl (C=O) groups is 1. The third kappa shape index (κ3) is 3.39. The van der Waals surface area contributed by atoms with Gasteiger partial charge in [-0.25, -0.2) is 19.3 Å². The van der Waals surface area contributed by atoms with Gasteiger partial charge < -0.3 is 15.5 Å². The third-order valence-corrected chi connectivity index (χ3v) is 6.66. The highest BCUT2D eigenvalue weighted by molar-refractivity contribution is 7.17. The molecule has 154 valence electrons. The fourth-order valence-corrected chi connectivity index (χ4v) is 4.92. The molecule has 0 atom stereocenters. The summed E-state index contributed by atoms with van der Waals surface area (Å²) in [6.45, 7) is 2.46. The lowest BCUT2D eigenvalue weighted by Gasteiger charge is -2.26. The van der Waals surface area contributed by atoms with Gasteiger partial charge >= 0.3 is 0 Å². The summed E-state index contributed by atoms with van der Waals surface area (Å²) in [5.74, 6) is 0.116. The van der Waals surface area contributed by atoms with E-state index >= 15 is 0 Å². The molecule has 2 aliphatic rings. The van der Waals surface area contributed by atoms with Gasteiger partial charge in [-0.1, -0.05) is 0 Å². The number of aromatic nitrogens is 3. The summed E-state index contributed by atoms with van der Waals surface area (Å²) in [6, 6.07) is 4.35. The van der Waals surface area contributed by atoms with Gasteiger partial charge in [0.15, 0.2) is 0 Å². The van der Waals surface area contributed by atoms with Crippen molar-refractivity contribution in [1.29, 1.82) is 0 Å². The van der Waals surface area contributed by atoms with E-state index in [4.69, 9.17) is 5.73 Å². The highest BCUT2D eigenvalue weighted by Gasteiger charge is 2.30. The molecule has 0 radical (unpaired) electrons. The van der Waals surface area contributed by atoms with Crippen LogP contribution in [0.25, 0.3) is 10.6 Å². The van der Waals surface area contributed by atoms with Crippen LogP contribution < -0.4 is 15.5 Å². The molecule has 7 nitrogen and oxygen atoms in total. The van der Waals surface area contributed by atoms with Crippen LogP contribution >= 0.6 is 11.3 Å². The summed E-state index contributed by atoms with van der Waals surface area (Å²) in [6.07, 6.45) is 7.79. The molecule has 2 aliphatic heterocycles. The van der Waals surface area contributed by atoms with Crippen LogP contribution in [-0.4, -0.2) is 40.5 Å². The van der Waals surface area contributed by atoms with Crippen molar-refractivity contribution in [2.24, 2.45) is 0 Å². The molecule has 3 aromatic rings. The number of fused-ring (bicyclic) bond motifs is 1. The lowest BCUT2D eigenvalue weighted by molar-refractivity contribution is 0.0984. The average Bonchev–Trinajstić information content (AvgIpc) is 3.22. The Bertz CT molecular complexity index is 1090. The van der Waals surface area contributed by atoms with E-state index < -0.39 is 5.82 Å². The summed E-state index contributed by atoms with van der Waals surface area (Å²) < 4.78 is 13.5. The number of piperidine rings is 1. The Morgan fingerprint density at radius 3 is 2.57 bits per heavy atom. The van der Waals surface area contributed by atoms with Crippen LogP contribution in [0.2, 0.25) is 0 Å². The van der Waals surface area contributed by atoms with Crippen LogP contribution in [0, 0.1) is 5.82 Å². The largest absolute Gasteiger partial charge is 0.396 e. The van der Waals surface area contributed by atoms with E-state index in [9.17, 15) is 9.18 Å². The molecule has 0 spiro atoms. The van der Waals surface area contributed by atoms with Gasteiger partial charge in [-0.15, -0.1) is 11.3 Å². The first-order chi connectivity index (χ1) is 14.6. The quantitative estimate of drug-likeness (QED) is 0.648. The van der Waals surface area contributed by atoms with Crippen molar-refractivity contribution in [2.75, 3.05) is 35.2 Å². The maximum Gasteiger partial charge on any atom is 0.270 e. The Morgan fingerprint density at radius 1 is 1.07 bits per heavy atom. The van der Waals surface area contributed by atoms with Crippen molar-refractivity contribution in [3.05, 3.63) is 47.0 Å². The lowest BCUT2D eigenvalue weighted by Crippen LogP contribution is -2.37. The molecular formula is C21H21FN6OS. The number of rotatable bonds is 3. The van der Waals surface area contributed by atoms with E-state index in [0.29, 0.717) is 23.5 Å². The minimum Gasteiger partial charge on any atom is -0.396 e. The fourth-order valence-electron chi connectivity index (χ4n) is 3.89. The summed E-state index contributed by atoms with van der Waals surface area (Å²) in [4.78, 5) is 31.2. The number of benzene rings is 1. The molecule has 1 amide bonds. The maximum atomic E-state index is 13.5. The Labute approximate surface area is 177 Å². The molecule has 1 aromatic carbocycles. The van der Waals surface area contributed by atoms with Gasteiger partial charge in [-0.2, -0.15) is 0 Å². The highest BCUT2D eigenvalue weighted by Crippen LogP contribution is 2.34. The number of thiazole rings is 1. The van der Waals surface area contributed by atoms with Crippen LogP contribution in [0.4, 0.5) is 21.7 Å². The number of nitrogens with zero attached hydrogens (tertiary/aromatic N) is 5. The van der Waals surface area contributed by atoms with Gasteiger partial charge in [0.2, 0.25) is 5.95 Å². The van der Waals surface area contributed by atoms with Crippen LogP contribution in [-0.2, 0) is 6.42 Å². The molecule has 1 saturated heterocycles. The molecule has 2 aromatic heterocycles. The Balaban J connectivity index is 1.39. The van der Waals surface area contributed by atoms with Crippen molar-refractivity contribution in [3.8, 4) is 10.6 Å². The van der Waals surface area contributed by atoms with Gasteiger partial charge in [0.1, 0.15) is 15.7 Å². The van der Waals surface area contributed by atoms with E-state index in [0.717, 1.165) is 35.3 Å². The van der Waals surface area contributed by atoms with E-state index in [-0.39, 0.29) is 11.6 Å². The standard InChI is InChI=1S/C21H21FN6OS/c22-15-5-4-14(10-16(15)23)28-9-6-17-18(20(28)29)30-19(26-17)13-11-24-21(25-12-13)27-7-2-1-3-8-27/h4-5,10-12H,1-3,6-9,23H2. The number of nitrogens with two attached hydrogens (primary N) is 1. The lowest BCUT2D eigenvalue weighted by atomic mass is 10.1. The second kappa shape index (κ2) is 7.64. The third-order valence-electron chi connectivity index (χ3n) is 5.52. The van der Waals surface area contributed by atoms with Crippen molar-refractivity contribution in [1.82, 2.24) is 15.0 Å². The number of carbonyl (C=O) groups excluding carboxylic acids is 1. The monoisotopic (exact) mass is 424 g/mol. The second-order valence-corrected chi connectivity index (χ2v) is 8.53. The number of amides is 1. The first kappa shape index (κ1) is 18.9. The zero-order chi connectivity index (χ0) is 20.7. The normalized spacial score (nSPS) is 16.6. The van der Waals surface area contributed by atoms with Gasteiger partial charge in [-0.3, -0.25) is 4.79 Å². The van der Waals surface area contributed by atoms with E-state index in [1.165, 1.54) is 42.7 Å². The number of hydrogen-bond donors (Lipinski definition) is 1. The van der Waals surface area contributed by atoms with E-state index in [1.807, 2.05) is 0 Å². The van der Waals surface area contributed by atoms with Crippen LogP contribution in [0.15, 0.2) is 30.6 Å². The van der Waals surface area contributed by atoms with E-state index in [1.54, 1.807) is 23.4 Å². The van der Waals surface area contributed by atoms with Crippen molar-refractivity contribution < 1.29 is 9.18 Å². The zero-order valence-electron chi connectivity index (χ0n) is 16.3. The molecule has 0 unspecified atom stereocenters. The van der Waals surface area contributed by atoms with Crippen LogP contribution in [0.1, 0.15) is 34.6 Å². The topological polar surface area (TPSA) is 88.2 Å². The highest BCUT2D eigenvalue weighted by atomic mass is 32.1. The molecule has 2 N–H and O–H groups in total. The van der Waals surface area contributed by atoms with Gasteiger partial charge in [0.05, 0.1) is 11.4 Å². The SMILES string of the molecule is Nc1cc(N2CCc3nc(-c4cnc(N5CCCCC5)nc4)sc3C2=O)ccc1F. The zero-order valence-corrected chi connectivity index (χ0v) is 17.2. The smallest absolute Gasteiger partial charge is 0.270 e. The van der Waals surface area contributed by atoms with Gasteiger partial charge in [0, 0.05) is 49.7 Å². The summed E-state index contributed by atoms with van der Waals surface area (Å²) in [5, 5.41) is 0.735. The molecule has 0 aliphatic carbocycles. The Kier molecular flexibility index (Phi) is 4.82. The summed E-state index contributed by atoms with van der Waals surface area (Å²) in [7, 11) is 0. The minimum absolute atomic E-state index is 0.0297. The van der Waals surface area contributed by atoms with Crippen molar-refractivity contribution >= 4 is 34.6 Å². The first-order valence-electron chi connectivity index (χ1n) is 10.0. The molecular weight excluding hydrogens is 403 g/mol. The van der Waals surface area contributed by atoms with Crippen LogP contribution in [0.5, 0.6) is 0 Å². The number of anilines is 3. The minimum atomic E-state index is -0.489. The molecule has 30 heavy (non-hydrogen) atoms. The molecule has 0 saturated carbocycles. The maximum absolute atomic E-state index is 13.5. The molecule has 9 heteroatoms. The van der Waals surface area contributed by atoms with Crippen LogP contribution in [0.3, 0.4) is 0 Å². The Hall–Kier alpha value is -3.07. The Morgan fingerprint density at radius 2 is 1.83 bits per heavy atom.